The van der Waals surface area contributed by atoms with Crippen LogP contribution in [0, 0.1) is 32.0 Å². The lowest BCUT2D eigenvalue weighted by Gasteiger charge is -2.11. The number of anilines is 1. The van der Waals surface area contributed by atoms with Gasteiger partial charge in [-0.2, -0.15) is 0 Å². The van der Waals surface area contributed by atoms with Crippen molar-refractivity contribution in [3.05, 3.63) is 40.7 Å². The first-order valence-electron chi connectivity index (χ1n) is 6.46. The predicted octanol–water partition coefficient (Wildman–Crippen LogP) is 4.64. The molecular weight excluding hydrogens is 237 g/mol. The minimum absolute atomic E-state index is 0.291. The predicted molar refractivity (Wildman–Crippen MR) is 82.2 cm³/mol. The number of benzene rings is 2. The van der Waals surface area contributed by atoms with Crippen molar-refractivity contribution in [2.24, 2.45) is 0 Å². The first-order chi connectivity index (χ1) is 9.08. The molecule has 0 aliphatic carbocycles. The van der Waals surface area contributed by atoms with Crippen LogP contribution >= 0.6 is 0 Å². The van der Waals surface area contributed by atoms with Crippen molar-refractivity contribution in [3.8, 4) is 12.3 Å². The molecule has 0 aromatic heterocycles. The largest absolute Gasteiger partial charge is 0.388 e. The highest BCUT2D eigenvalue weighted by Crippen LogP contribution is 2.29. The summed E-state index contributed by atoms with van der Waals surface area (Å²) >= 11 is 0. The lowest BCUT2D eigenvalue weighted by atomic mass is 9.96. The molecule has 0 aliphatic rings. The molecule has 0 unspecified atom stereocenters. The second-order valence-corrected chi connectivity index (χ2v) is 4.17. The smallest absolute Gasteiger partial charge is 0.142 e. The highest BCUT2D eigenvalue weighted by molar-refractivity contribution is 5.94. The molecule has 1 nitrogen and oxygen atoms in total. The zero-order valence-electron chi connectivity index (χ0n) is 12.2. The minimum Gasteiger partial charge on any atom is -0.388 e. The van der Waals surface area contributed by atoms with Gasteiger partial charge in [0.2, 0.25) is 0 Å². The fourth-order valence-electron chi connectivity index (χ4n) is 2.15. The number of halogens is 1. The highest BCUT2D eigenvalue weighted by Gasteiger charge is 2.11. The van der Waals surface area contributed by atoms with Gasteiger partial charge in [-0.05, 0) is 48.6 Å². The molecule has 100 valence electrons. The molecule has 2 heteroatoms. The Morgan fingerprint density at radius 1 is 1.11 bits per heavy atom. The maximum Gasteiger partial charge on any atom is 0.142 e. The zero-order chi connectivity index (χ0) is 14.6. The van der Waals surface area contributed by atoms with Gasteiger partial charge in [-0.3, -0.25) is 0 Å². The van der Waals surface area contributed by atoms with E-state index in [1.54, 1.807) is 6.92 Å². The average Bonchev–Trinajstić information content (AvgIpc) is 2.42. The van der Waals surface area contributed by atoms with E-state index in [9.17, 15) is 4.39 Å². The Bertz CT molecular complexity index is 636. The molecule has 0 heterocycles. The molecule has 1 N–H and O–H groups in total. The number of aryl methyl sites for hydroxylation is 2. The standard InChI is InChI=1S/C15H14FN.C2H6/c1-5-13-14-9(2)7-12(17-4)8-11(14)6-10(3)15(13)16;1-2/h1,6-8,17H,2-4H3;1-2H3. The number of fused-ring (bicyclic) bond motifs is 1. The summed E-state index contributed by atoms with van der Waals surface area (Å²) < 4.78 is 13.9. The van der Waals surface area contributed by atoms with Crippen LogP contribution in [-0.4, -0.2) is 7.05 Å². The molecule has 0 amide bonds. The molecule has 0 saturated heterocycles. The van der Waals surface area contributed by atoms with Gasteiger partial charge in [0.15, 0.2) is 0 Å². The van der Waals surface area contributed by atoms with Crippen LogP contribution in [-0.2, 0) is 0 Å². The van der Waals surface area contributed by atoms with Crippen LogP contribution in [0.15, 0.2) is 18.2 Å². The first kappa shape index (κ1) is 15.0. The van der Waals surface area contributed by atoms with Gasteiger partial charge < -0.3 is 5.32 Å². The number of rotatable bonds is 1. The lowest BCUT2D eigenvalue weighted by molar-refractivity contribution is 0.617. The summed E-state index contributed by atoms with van der Waals surface area (Å²) in [4.78, 5) is 0. The third-order valence-corrected chi connectivity index (χ3v) is 2.99. The van der Waals surface area contributed by atoms with E-state index in [1.165, 1.54) is 0 Å². The van der Waals surface area contributed by atoms with E-state index in [0.717, 1.165) is 22.0 Å². The van der Waals surface area contributed by atoms with E-state index >= 15 is 0 Å². The van der Waals surface area contributed by atoms with E-state index in [0.29, 0.717) is 11.1 Å². The summed E-state index contributed by atoms with van der Waals surface area (Å²) in [6, 6.07) is 5.78. The summed E-state index contributed by atoms with van der Waals surface area (Å²) in [6.07, 6.45) is 5.42. The molecule has 0 atom stereocenters. The van der Waals surface area contributed by atoms with Crippen LogP contribution in [0.1, 0.15) is 30.5 Å². The Morgan fingerprint density at radius 2 is 1.74 bits per heavy atom. The van der Waals surface area contributed by atoms with Crippen LogP contribution in [0.3, 0.4) is 0 Å². The van der Waals surface area contributed by atoms with Crippen LogP contribution in [0.2, 0.25) is 0 Å². The first-order valence-corrected chi connectivity index (χ1v) is 6.46. The van der Waals surface area contributed by atoms with Gasteiger partial charge in [-0.15, -0.1) is 6.42 Å². The molecule has 0 saturated carbocycles. The number of hydrogen-bond acceptors (Lipinski definition) is 1. The van der Waals surface area contributed by atoms with Gasteiger partial charge in [0.05, 0.1) is 5.56 Å². The summed E-state index contributed by atoms with van der Waals surface area (Å²) in [5.74, 6) is 2.17. The molecule has 0 aliphatic heterocycles. The molecule has 0 radical (unpaired) electrons. The molecule has 2 aromatic rings. The fourth-order valence-corrected chi connectivity index (χ4v) is 2.15. The fraction of sp³-hybridized carbons (Fsp3) is 0.294. The van der Waals surface area contributed by atoms with Crippen molar-refractivity contribution in [1.82, 2.24) is 0 Å². The third kappa shape index (κ3) is 2.71. The SMILES string of the molecule is C#Cc1c(F)c(C)cc2cc(NC)cc(C)c12.CC. The second kappa shape index (κ2) is 6.24. The summed E-state index contributed by atoms with van der Waals surface area (Å²) in [5, 5.41) is 4.89. The van der Waals surface area contributed by atoms with E-state index < -0.39 is 0 Å². The van der Waals surface area contributed by atoms with Gasteiger partial charge >= 0.3 is 0 Å². The van der Waals surface area contributed by atoms with Gasteiger partial charge in [0.1, 0.15) is 5.82 Å². The molecule has 19 heavy (non-hydrogen) atoms. The van der Waals surface area contributed by atoms with E-state index in [1.807, 2.05) is 46.0 Å². The van der Waals surface area contributed by atoms with E-state index in [2.05, 4.69) is 11.2 Å². The van der Waals surface area contributed by atoms with Gasteiger partial charge in [-0.1, -0.05) is 19.8 Å². The number of nitrogens with one attached hydrogen (secondary N) is 1. The van der Waals surface area contributed by atoms with Crippen molar-refractivity contribution in [1.29, 1.82) is 0 Å². The molecule has 0 fully saturated rings. The Balaban J connectivity index is 0.000000861. The maximum atomic E-state index is 13.9. The minimum atomic E-state index is -0.291. The number of hydrogen-bond donors (Lipinski definition) is 1. The Morgan fingerprint density at radius 3 is 2.26 bits per heavy atom. The van der Waals surface area contributed by atoms with Crippen LogP contribution in [0.4, 0.5) is 10.1 Å². The van der Waals surface area contributed by atoms with Crippen LogP contribution in [0.5, 0.6) is 0 Å². The summed E-state index contributed by atoms with van der Waals surface area (Å²) in [6.45, 7) is 7.68. The van der Waals surface area contributed by atoms with Gasteiger partial charge in [0.25, 0.3) is 0 Å². The van der Waals surface area contributed by atoms with Crippen molar-refractivity contribution in [3.63, 3.8) is 0 Å². The zero-order valence-corrected chi connectivity index (χ0v) is 12.2. The Labute approximate surface area is 114 Å². The highest BCUT2D eigenvalue weighted by atomic mass is 19.1. The second-order valence-electron chi connectivity index (χ2n) is 4.17. The monoisotopic (exact) mass is 257 g/mol. The van der Waals surface area contributed by atoms with E-state index in [4.69, 9.17) is 6.42 Å². The topological polar surface area (TPSA) is 12.0 Å². The van der Waals surface area contributed by atoms with Crippen LogP contribution < -0.4 is 5.32 Å². The summed E-state index contributed by atoms with van der Waals surface area (Å²) in [5.41, 5.74) is 2.93. The Kier molecular flexibility index (Phi) is 4.94. The summed E-state index contributed by atoms with van der Waals surface area (Å²) in [7, 11) is 1.86. The number of terminal acetylenes is 1. The van der Waals surface area contributed by atoms with Crippen molar-refractivity contribution >= 4 is 16.5 Å². The molecule has 0 bridgehead atoms. The quantitative estimate of drug-likeness (QED) is 0.733. The maximum absolute atomic E-state index is 13.9. The van der Waals surface area contributed by atoms with Crippen molar-refractivity contribution < 1.29 is 4.39 Å². The van der Waals surface area contributed by atoms with Gasteiger partial charge in [-0.25, -0.2) is 4.39 Å². The normalized spacial score (nSPS) is 9.53. The Hall–Kier alpha value is -2.01. The molecule has 2 rings (SSSR count). The average molecular weight is 257 g/mol. The van der Waals surface area contributed by atoms with Gasteiger partial charge in [0, 0.05) is 18.1 Å². The third-order valence-electron chi connectivity index (χ3n) is 2.99. The van der Waals surface area contributed by atoms with Crippen LogP contribution in [0.25, 0.3) is 10.8 Å². The van der Waals surface area contributed by atoms with Crippen molar-refractivity contribution in [2.45, 2.75) is 27.7 Å². The molecular formula is C17H20FN. The molecule has 0 spiro atoms. The van der Waals surface area contributed by atoms with E-state index in [-0.39, 0.29) is 5.82 Å². The lowest BCUT2D eigenvalue weighted by Crippen LogP contribution is -1.95. The molecule has 2 aromatic carbocycles. The van der Waals surface area contributed by atoms with Crippen molar-refractivity contribution in [2.75, 3.05) is 12.4 Å².